The van der Waals surface area contributed by atoms with Crippen molar-refractivity contribution in [3.8, 4) is 0 Å². The third-order valence-corrected chi connectivity index (χ3v) is 1.31. The molecule has 0 unspecified atom stereocenters. The lowest BCUT2D eigenvalue weighted by Gasteiger charge is -1.96. The van der Waals surface area contributed by atoms with Gasteiger partial charge in [0.15, 0.2) is 12.5 Å². The van der Waals surface area contributed by atoms with Crippen molar-refractivity contribution in [3.63, 3.8) is 0 Å². The second-order valence-corrected chi connectivity index (χ2v) is 2.21. The first-order valence-electron chi connectivity index (χ1n) is 3.18. The summed E-state index contributed by atoms with van der Waals surface area (Å²) in [5, 5.41) is 0. The SMILES string of the molecule is O=C(CF)c1cc(F)cc(F)c1. The molecule has 1 nitrogen and oxygen atoms in total. The van der Waals surface area contributed by atoms with Crippen LogP contribution in [0.15, 0.2) is 18.2 Å². The van der Waals surface area contributed by atoms with Gasteiger partial charge in [-0.25, -0.2) is 13.2 Å². The van der Waals surface area contributed by atoms with Crippen LogP contribution in [0.5, 0.6) is 0 Å². The van der Waals surface area contributed by atoms with Gasteiger partial charge in [-0.1, -0.05) is 0 Å². The molecule has 0 saturated carbocycles. The summed E-state index contributed by atoms with van der Waals surface area (Å²) in [7, 11) is 0. The average Bonchev–Trinajstić information content (AvgIpc) is 2.01. The Labute approximate surface area is 66.8 Å². The average molecular weight is 174 g/mol. The molecule has 4 heteroatoms. The molecule has 1 aromatic rings. The molecule has 1 aromatic carbocycles. The fourth-order valence-corrected chi connectivity index (χ4v) is 0.792. The first-order valence-corrected chi connectivity index (χ1v) is 3.18. The van der Waals surface area contributed by atoms with Crippen molar-refractivity contribution in [1.29, 1.82) is 0 Å². The van der Waals surface area contributed by atoms with Crippen molar-refractivity contribution in [2.24, 2.45) is 0 Å². The Morgan fingerprint density at radius 2 is 1.67 bits per heavy atom. The summed E-state index contributed by atoms with van der Waals surface area (Å²) in [5.74, 6) is -2.69. The van der Waals surface area contributed by atoms with E-state index in [1.165, 1.54) is 0 Å². The summed E-state index contributed by atoms with van der Waals surface area (Å²) >= 11 is 0. The maximum atomic E-state index is 12.4. The van der Waals surface area contributed by atoms with Crippen molar-refractivity contribution in [3.05, 3.63) is 35.4 Å². The molecule has 0 atom stereocenters. The second-order valence-electron chi connectivity index (χ2n) is 2.21. The van der Waals surface area contributed by atoms with Crippen LogP contribution in [0.3, 0.4) is 0 Å². The zero-order valence-electron chi connectivity index (χ0n) is 5.98. The normalized spacial score (nSPS) is 9.92. The Balaban J connectivity index is 3.08. The number of Topliss-reactive ketones (excluding diaryl/α,β-unsaturated/α-hetero) is 1. The molecule has 0 heterocycles. The zero-order valence-corrected chi connectivity index (χ0v) is 5.98. The number of carbonyl (C=O) groups is 1. The van der Waals surface area contributed by atoms with E-state index in [1.807, 2.05) is 0 Å². The molecule has 0 aliphatic carbocycles. The quantitative estimate of drug-likeness (QED) is 0.627. The fraction of sp³-hybridized carbons (Fsp3) is 0.125. The van der Waals surface area contributed by atoms with E-state index in [-0.39, 0.29) is 5.56 Å². The number of hydrogen-bond acceptors (Lipinski definition) is 1. The molecule has 0 radical (unpaired) electrons. The minimum Gasteiger partial charge on any atom is -0.291 e. The van der Waals surface area contributed by atoms with Crippen LogP contribution >= 0.6 is 0 Å². The molecular weight excluding hydrogens is 169 g/mol. The monoisotopic (exact) mass is 174 g/mol. The van der Waals surface area contributed by atoms with Crippen LogP contribution in [0.1, 0.15) is 10.4 Å². The fourth-order valence-electron chi connectivity index (χ4n) is 0.792. The van der Waals surface area contributed by atoms with E-state index in [0.717, 1.165) is 12.1 Å². The Bertz CT molecular complexity index is 289. The summed E-state index contributed by atoms with van der Waals surface area (Å²) in [6.45, 7) is -1.25. The molecule has 0 aliphatic rings. The minimum atomic E-state index is -1.25. The van der Waals surface area contributed by atoms with Gasteiger partial charge in [0.05, 0.1) is 0 Å². The van der Waals surface area contributed by atoms with E-state index in [2.05, 4.69) is 0 Å². The largest absolute Gasteiger partial charge is 0.291 e. The minimum absolute atomic E-state index is 0.282. The smallest absolute Gasteiger partial charge is 0.194 e. The molecule has 0 fully saturated rings. The standard InChI is InChI=1S/C8H5F3O/c9-4-8(12)5-1-6(10)3-7(11)2-5/h1-3H,4H2. The van der Waals surface area contributed by atoms with Gasteiger partial charge in [-0.15, -0.1) is 0 Å². The van der Waals surface area contributed by atoms with Gasteiger partial charge in [0, 0.05) is 11.6 Å². The van der Waals surface area contributed by atoms with Gasteiger partial charge < -0.3 is 0 Å². The van der Waals surface area contributed by atoms with Crippen molar-refractivity contribution in [2.45, 2.75) is 0 Å². The summed E-state index contributed by atoms with van der Waals surface area (Å²) < 4.78 is 36.6. The third-order valence-electron chi connectivity index (χ3n) is 1.31. The molecule has 0 spiro atoms. The molecule has 0 saturated heterocycles. The molecule has 64 valence electrons. The summed E-state index contributed by atoms with van der Waals surface area (Å²) in [6.07, 6.45) is 0. The molecule has 0 bridgehead atoms. The molecule has 0 aromatic heterocycles. The van der Waals surface area contributed by atoms with Crippen LogP contribution in [-0.4, -0.2) is 12.5 Å². The first kappa shape index (κ1) is 8.77. The van der Waals surface area contributed by atoms with Crippen LogP contribution in [0.2, 0.25) is 0 Å². The number of ketones is 1. The van der Waals surface area contributed by atoms with Crippen LogP contribution in [0, 0.1) is 11.6 Å². The zero-order chi connectivity index (χ0) is 9.14. The predicted molar refractivity (Wildman–Crippen MR) is 36.7 cm³/mol. The highest BCUT2D eigenvalue weighted by molar-refractivity contribution is 5.96. The topological polar surface area (TPSA) is 17.1 Å². The van der Waals surface area contributed by atoms with Gasteiger partial charge in [0.1, 0.15) is 11.6 Å². The van der Waals surface area contributed by atoms with Crippen molar-refractivity contribution >= 4 is 5.78 Å². The van der Waals surface area contributed by atoms with Crippen LogP contribution < -0.4 is 0 Å². The Hall–Kier alpha value is -1.32. The van der Waals surface area contributed by atoms with Gasteiger partial charge in [-0.05, 0) is 12.1 Å². The van der Waals surface area contributed by atoms with E-state index in [4.69, 9.17) is 0 Å². The highest BCUT2D eigenvalue weighted by Crippen LogP contribution is 2.08. The van der Waals surface area contributed by atoms with E-state index >= 15 is 0 Å². The summed E-state index contributed by atoms with van der Waals surface area (Å²) in [5.41, 5.74) is -0.282. The van der Waals surface area contributed by atoms with E-state index in [1.54, 1.807) is 0 Å². The molecule has 1 rings (SSSR count). The van der Waals surface area contributed by atoms with E-state index < -0.39 is 24.1 Å². The lowest BCUT2D eigenvalue weighted by molar-refractivity contribution is 0.0958. The number of benzene rings is 1. The van der Waals surface area contributed by atoms with Crippen LogP contribution in [-0.2, 0) is 0 Å². The first-order chi connectivity index (χ1) is 5.63. The Kier molecular flexibility index (Phi) is 2.47. The van der Waals surface area contributed by atoms with Crippen molar-refractivity contribution in [1.82, 2.24) is 0 Å². The number of carbonyl (C=O) groups excluding carboxylic acids is 1. The molecule has 0 N–H and O–H groups in total. The molecule has 0 amide bonds. The highest BCUT2D eigenvalue weighted by atomic mass is 19.1. The number of halogens is 3. The van der Waals surface area contributed by atoms with Gasteiger partial charge >= 0.3 is 0 Å². The van der Waals surface area contributed by atoms with Crippen LogP contribution in [0.4, 0.5) is 13.2 Å². The van der Waals surface area contributed by atoms with Crippen molar-refractivity contribution < 1.29 is 18.0 Å². The molecule has 12 heavy (non-hydrogen) atoms. The Morgan fingerprint density at radius 3 is 2.08 bits per heavy atom. The Morgan fingerprint density at radius 1 is 1.17 bits per heavy atom. The van der Waals surface area contributed by atoms with E-state index in [0.29, 0.717) is 6.07 Å². The molecular formula is C8H5F3O. The second kappa shape index (κ2) is 3.38. The third kappa shape index (κ3) is 1.84. The maximum Gasteiger partial charge on any atom is 0.194 e. The van der Waals surface area contributed by atoms with Gasteiger partial charge in [0.25, 0.3) is 0 Å². The van der Waals surface area contributed by atoms with Gasteiger partial charge in [-0.3, -0.25) is 4.79 Å². The highest BCUT2D eigenvalue weighted by Gasteiger charge is 2.07. The maximum absolute atomic E-state index is 12.4. The summed E-state index contributed by atoms with van der Waals surface area (Å²) in [4.78, 5) is 10.6. The molecule has 0 aliphatic heterocycles. The van der Waals surface area contributed by atoms with E-state index in [9.17, 15) is 18.0 Å². The van der Waals surface area contributed by atoms with Gasteiger partial charge in [0.2, 0.25) is 0 Å². The van der Waals surface area contributed by atoms with Gasteiger partial charge in [-0.2, -0.15) is 0 Å². The number of hydrogen-bond donors (Lipinski definition) is 0. The summed E-state index contributed by atoms with van der Waals surface area (Å²) in [6, 6.07) is 2.21. The van der Waals surface area contributed by atoms with Crippen molar-refractivity contribution in [2.75, 3.05) is 6.67 Å². The lowest BCUT2D eigenvalue weighted by Crippen LogP contribution is -2.02. The number of alkyl halides is 1. The number of rotatable bonds is 2. The predicted octanol–water partition coefficient (Wildman–Crippen LogP) is 2.12. The lowest BCUT2D eigenvalue weighted by atomic mass is 10.1. The van der Waals surface area contributed by atoms with Crippen LogP contribution in [0.25, 0.3) is 0 Å².